The highest BCUT2D eigenvalue weighted by atomic mass is 16.2. The molecule has 2 aliphatic rings. The van der Waals surface area contributed by atoms with Crippen LogP contribution in [0.25, 0.3) is 0 Å². The molecule has 4 heteroatoms. The topological polar surface area (TPSA) is 58.2 Å². The lowest BCUT2D eigenvalue weighted by atomic mass is 10.0. The van der Waals surface area contributed by atoms with E-state index < -0.39 is 5.41 Å². The van der Waals surface area contributed by atoms with Gasteiger partial charge in [0.25, 0.3) is 0 Å². The molecule has 2 fully saturated rings. The molecule has 0 radical (unpaired) electrons. The van der Waals surface area contributed by atoms with E-state index in [2.05, 4.69) is 10.6 Å². The van der Waals surface area contributed by atoms with Gasteiger partial charge in [-0.3, -0.25) is 9.59 Å². The third kappa shape index (κ3) is 2.55. The molecule has 0 unspecified atom stereocenters. The minimum absolute atomic E-state index is 0.0853. The van der Waals surface area contributed by atoms with E-state index in [4.69, 9.17) is 0 Å². The Morgan fingerprint density at radius 1 is 1.00 bits per heavy atom. The van der Waals surface area contributed by atoms with Gasteiger partial charge in [0.1, 0.15) is 5.41 Å². The number of para-hydroxylation sites is 1. The largest absolute Gasteiger partial charge is 0.352 e. The van der Waals surface area contributed by atoms with E-state index in [9.17, 15) is 9.59 Å². The number of hydrogen-bond acceptors (Lipinski definition) is 2. The van der Waals surface area contributed by atoms with Gasteiger partial charge in [0.15, 0.2) is 0 Å². The fraction of sp³-hybridized carbons (Fsp3) is 0.500. The van der Waals surface area contributed by atoms with Crippen LogP contribution in [-0.2, 0) is 9.59 Å². The van der Waals surface area contributed by atoms with Crippen molar-refractivity contribution in [2.24, 2.45) is 5.41 Å². The van der Waals surface area contributed by atoms with E-state index in [-0.39, 0.29) is 17.9 Å². The molecule has 2 saturated carbocycles. The number of rotatable bonds is 4. The third-order valence-corrected chi connectivity index (χ3v) is 4.34. The Hall–Kier alpha value is -1.84. The zero-order valence-electron chi connectivity index (χ0n) is 11.5. The summed E-state index contributed by atoms with van der Waals surface area (Å²) in [5.74, 6) is -0.253. The Balaban J connectivity index is 1.62. The van der Waals surface area contributed by atoms with Crippen molar-refractivity contribution in [1.82, 2.24) is 5.32 Å². The van der Waals surface area contributed by atoms with Gasteiger partial charge in [-0.05, 0) is 37.8 Å². The summed E-state index contributed by atoms with van der Waals surface area (Å²) in [5, 5.41) is 5.90. The SMILES string of the molecule is O=C(Nc1ccccc1)C1(C(=O)NC2CCCC2)CC1. The Bertz CT molecular complexity index is 502. The zero-order valence-corrected chi connectivity index (χ0v) is 11.5. The van der Waals surface area contributed by atoms with Crippen molar-refractivity contribution in [2.45, 2.75) is 44.6 Å². The summed E-state index contributed by atoms with van der Waals surface area (Å²) in [6.45, 7) is 0. The number of hydrogen-bond donors (Lipinski definition) is 2. The summed E-state index contributed by atoms with van der Waals surface area (Å²) >= 11 is 0. The molecule has 20 heavy (non-hydrogen) atoms. The minimum Gasteiger partial charge on any atom is -0.352 e. The maximum absolute atomic E-state index is 12.3. The lowest BCUT2D eigenvalue weighted by molar-refractivity contribution is -0.134. The van der Waals surface area contributed by atoms with E-state index in [1.54, 1.807) is 0 Å². The number of carbonyl (C=O) groups is 2. The summed E-state index contributed by atoms with van der Waals surface area (Å²) in [6, 6.07) is 9.58. The third-order valence-electron chi connectivity index (χ3n) is 4.34. The molecule has 0 heterocycles. The molecule has 0 aliphatic heterocycles. The lowest BCUT2D eigenvalue weighted by Crippen LogP contribution is -2.43. The molecule has 2 aliphatic carbocycles. The van der Waals surface area contributed by atoms with Gasteiger partial charge in [-0.1, -0.05) is 31.0 Å². The fourth-order valence-electron chi connectivity index (χ4n) is 2.85. The molecule has 3 rings (SSSR count). The van der Waals surface area contributed by atoms with Crippen molar-refractivity contribution in [3.05, 3.63) is 30.3 Å². The molecule has 0 spiro atoms. The van der Waals surface area contributed by atoms with Gasteiger partial charge >= 0.3 is 0 Å². The van der Waals surface area contributed by atoms with E-state index >= 15 is 0 Å². The van der Waals surface area contributed by atoms with Crippen LogP contribution in [0.15, 0.2) is 30.3 Å². The average Bonchev–Trinajstić information content (AvgIpc) is 3.13. The van der Waals surface area contributed by atoms with Crippen LogP contribution in [0.4, 0.5) is 5.69 Å². The summed E-state index contributed by atoms with van der Waals surface area (Å²) in [5.41, 5.74) is -0.0734. The second kappa shape index (κ2) is 5.27. The first-order valence-electron chi connectivity index (χ1n) is 7.38. The number of anilines is 1. The number of nitrogens with one attached hydrogen (secondary N) is 2. The van der Waals surface area contributed by atoms with Crippen molar-refractivity contribution >= 4 is 17.5 Å². The fourth-order valence-corrected chi connectivity index (χ4v) is 2.85. The van der Waals surface area contributed by atoms with Gasteiger partial charge in [0, 0.05) is 11.7 Å². The number of carbonyl (C=O) groups excluding carboxylic acids is 2. The van der Waals surface area contributed by atoms with Crippen molar-refractivity contribution < 1.29 is 9.59 Å². The number of benzene rings is 1. The van der Waals surface area contributed by atoms with Crippen molar-refractivity contribution in [1.29, 1.82) is 0 Å². The maximum atomic E-state index is 12.3. The highest BCUT2D eigenvalue weighted by Crippen LogP contribution is 2.47. The molecular formula is C16H20N2O2. The van der Waals surface area contributed by atoms with E-state index in [1.165, 1.54) is 12.8 Å². The Kier molecular flexibility index (Phi) is 3.47. The first kappa shape index (κ1) is 13.2. The van der Waals surface area contributed by atoms with Crippen LogP contribution in [0.2, 0.25) is 0 Å². The smallest absolute Gasteiger partial charge is 0.240 e. The molecule has 0 atom stereocenters. The van der Waals surface area contributed by atoms with Gasteiger partial charge in [0.05, 0.1) is 0 Å². The van der Waals surface area contributed by atoms with Crippen molar-refractivity contribution in [3.63, 3.8) is 0 Å². The first-order chi connectivity index (χ1) is 9.71. The predicted molar refractivity (Wildman–Crippen MR) is 77.1 cm³/mol. The van der Waals surface area contributed by atoms with Crippen LogP contribution in [0.3, 0.4) is 0 Å². The lowest BCUT2D eigenvalue weighted by Gasteiger charge is -2.18. The molecule has 0 saturated heterocycles. The average molecular weight is 272 g/mol. The Labute approximate surface area is 118 Å². The molecule has 1 aromatic carbocycles. The minimum atomic E-state index is -0.821. The summed E-state index contributed by atoms with van der Waals surface area (Å²) in [6.07, 6.45) is 5.75. The predicted octanol–water partition coefficient (Wildman–Crippen LogP) is 2.46. The molecule has 0 aromatic heterocycles. The van der Waals surface area contributed by atoms with Crippen LogP contribution in [0, 0.1) is 5.41 Å². The highest BCUT2D eigenvalue weighted by Gasteiger charge is 2.56. The second-order valence-corrected chi connectivity index (χ2v) is 5.86. The van der Waals surface area contributed by atoms with Crippen LogP contribution in [0.1, 0.15) is 38.5 Å². The summed E-state index contributed by atoms with van der Waals surface area (Å²) < 4.78 is 0. The molecular weight excluding hydrogens is 252 g/mol. The maximum Gasteiger partial charge on any atom is 0.240 e. The van der Waals surface area contributed by atoms with Gasteiger partial charge in [-0.2, -0.15) is 0 Å². The monoisotopic (exact) mass is 272 g/mol. The second-order valence-electron chi connectivity index (χ2n) is 5.86. The van der Waals surface area contributed by atoms with Gasteiger partial charge < -0.3 is 10.6 Å². The standard InChI is InChI=1S/C16H20N2O2/c19-14(17-12-6-2-1-3-7-12)16(10-11-16)15(20)18-13-8-4-5-9-13/h1-3,6-7,13H,4-5,8-11H2,(H,17,19)(H,18,20). The van der Waals surface area contributed by atoms with Crippen molar-refractivity contribution in [3.8, 4) is 0 Å². The van der Waals surface area contributed by atoms with Gasteiger partial charge in [-0.25, -0.2) is 0 Å². The molecule has 106 valence electrons. The quantitative estimate of drug-likeness (QED) is 0.827. The first-order valence-corrected chi connectivity index (χ1v) is 7.38. The van der Waals surface area contributed by atoms with Crippen LogP contribution < -0.4 is 10.6 Å². The van der Waals surface area contributed by atoms with E-state index in [1.807, 2.05) is 30.3 Å². The normalized spacial score (nSPS) is 20.4. The summed E-state index contributed by atoms with van der Waals surface area (Å²) in [4.78, 5) is 24.7. The molecule has 1 aromatic rings. The zero-order chi connectivity index (χ0) is 14.0. The number of amides is 2. The van der Waals surface area contributed by atoms with E-state index in [0.29, 0.717) is 12.8 Å². The molecule has 4 nitrogen and oxygen atoms in total. The molecule has 2 amide bonds. The highest BCUT2D eigenvalue weighted by molar-refractivity contribution is 6.13. The summed E-state index contributed by atoms with van der Waals surface area (Å²) in [7, 11) is 0. The van der Waals surface area contributed by atoms with E-state index in [0.717, 1.165) is 18.5 Å². The van der Waals surface area contributed by atoms with Crippen molar-refractivity contribution in [2.75, 3.05) is 5.32 Å². The Morgan fingerprint density at radius 3 is 2.25 bits per heavy atom. The molecule has 0 bridgehead atoms. The molecule has 2 N–H and O–H groups in total. The Morgan fingerprint density at radius 2 is 1.65 bits per heavy atom. The van der Waals surface area contributed by atoms with Gasteiger partial charge in [-0.15, -0.1) is 0 Å². The van der Waals surface area contributed by atoms with Crippen LogP contribution >= 0.6 is 0 Å². The van der Waals surface area contributed by atoms with Crippen LogP contribution in [0.5, 0.6) is 0 Å². The van der Waals surface area contributed by atoms with Gasteiger partial charge in [0.2, 0.25) is 11.8 Å². The van der Waals surface area contributed by atoms with Crippen LogP contribution in [-0.4, -0.2) is 17.9 Å².